The molecule has 1 amide bonds. The molecule has 26 heavy (non-hydrogen) atoms. The zero-order valence-electron chi connectivity index (χ0n) is 15.2. The number of piperidine rings is 1. The van der Waals surface area contributed by atoms with Crippen LogP contribution in [0, 0.1) is 5.92 Å². The first-order valence-corrected chi connectivity index (χ1v) is 8.72. The van der Waals surface area contributed by atoms with Crippen LogP contribution < -0.4 is 5.32 Å². The van der Waals surface area contributed by atoms with Gasteiger partial charge in [-0.05, 0) is 44.9 Å². The number of nitrogens with one attached hydrogen (secondary N) is 1. The molecule has 1 aliphatic heterocycles. The number of nitrogens with zero attached hydrogens (tertiary/aromatic N) is 1. The number of carbonyl (C=O) groups excluding carboxylic acids is 1. The lowest BCUT2D eigenvalue weighted by atomic mass is 9.92. The Bertz CT molecular complexity index is 617. The summed E-state index contributed by atoms with van der Waals surface area (Å²) < 4.78 is 5.34. The number of halogens is 2. The monoisotopic (exact) mass is 404 g/mol. The maximum absolute atomic E-state index is 12.2. The zero-order chi connectivity index (χ0) is 18.6. The highest BCUT2D eigenvalue weighted by atomic mass is 35.5. The van der Waals surface area contributed by atoms with E-state index in [1.54, 1.807) is 32.9 Å². The molecule has 2 N–H and O–H groups in total. The highest BCUT2D eigenvalue weighted by Crippen LogP contribution is 2.21. The van der Waals surface area contributed by atoms with Gasteiger partial charge in [-0.15, -0.1) is 12.4 Å². The fourth-order valence-corrected chi connectivity index (χ4v) is 2.92. The third kappa shape index (κ3) is 6.67. The summed E-state index contributed by atoms with van der Waals surface area (Å²) >= 11 is 5.87. The average molecular weight is 405 g/mol. The van der Waals surface area contributed by atoms with Crippen LogP contribution in [0.1, 0.15) is 32.8 Å². The van der Waals surface area contributed by atoms with Gasteiger partial charge in [0, 0.05) is 30.7 Å². The lowest BCUT2D eigenvalue weighted by molar-refractivity contribution is -0.144. The Kier molecular flexibility index (Phi) is 8.18. The summed E-state index contributed by atoms with van der Waals surface area (Å²) in [5.74, 6) is -1.59. The predicted molar refractivity (Wildman–Crippen MR) is 103 cm³/mol. The van der Waals surface area contributed by atoms with Crippen molar-refractivity contribution in [2.75, 3.05) is 13.1 Å². The standard InChI is InChI=1S/C18H25ClN2O4.ClH/c1-18(2,3)25-17(24)21-9-8-15(14(11-21)16(22)23)20-10-12-4-6-13(19)7-5-12;/h4-7,14-15,20H,8-11H2,1-3H3,(H,22,23);1H. The molecular weight excluding hydrogens is 379 g/mol. The van der Waals surface area contributed by atoms with Crippen molar-refractivity contribution in [3.05, 3.63) is 34.9 Å². The molecule has 6 nitrogen and oxygen atoms in total. The van der Waals surface area contributed by atoms with Gasteiger partial charge in [0.2, 0.25) is 0 Å². The molecule has 0 radical (unpaired) electrons. The highest BCUT2D eigenvalue weighted by Gasteiger charge is 2.37. The minimum Gasteiger partial charge on any atom is -0.481 e. The van der Waals surface area contributed by atoms with E-state index < -0.39 is 23.6 Å². The van der Waals surface area contributed by atoms with Gasteiger partial charge in [0.05, 0.1) is 5.92 Å². The quantitative estimate of drug-likeness (QED) is 0.801. The van der Waals surface area contributed by atoms with Gasteiger partial charge in [0.25, 0.3) is 0 Å². The van der Waals surface area contributed by atoms with E-state index in [9.17, 15) is 14.7 Å². The molecule has 0 bridgehead atoms. The van der Waals surface area contributed by atoms with Crippen LogP contribution in [0.4, 0.5) is 4.79 Å². The average Bonchev–Trinajstić information content (AvgIpc) is 2.52. The van der Waals surface area contributed by atoms with Crippen molar-refractivity contribution in [2.24, 2.45) is 5.92 Å². The molecule has 0 aliphatic carbocycles. The number of hydrogen-bond acceptors (Lipinski definition) is 4. The first kappa shape index (κ1) is 22.5. The van der Waals surface area contributed by atoms with Crippen molar-refractivity contribution in [2.45, 2.75) is 45.4 Å². The van der Waals surface area contributed by atoms with Crippen LogP contribution in [0.5, 0.6) is 0 Å². The minimum absolute atomic E-state index is 0. The van der Waals surface area contributed by atoms with Crippen LogP contribution in [0.25, 0.3) is 0 Å². The zero-order valence-corrected chi connectivity index (χ0v) is 16.8. The summed E-state index contributed by atoms with van der Waals surface area (Å²) in [6, 6.07) is 7.21. The number of carboxylic acids is 1. The van der Waals surface area contributed by atoms with Crippen LogP contribution in [0.2, 0.25) is 5.02 Å². The fraction of sp³-hybridized carbons (Fsp3) is 0.556. The Hall–Kier alpha value is -1.50. The smallest absolute Gasteiger partial charge is 0.410 e. The van der Waals surface area contributed by atoms with E-state index in [1.807, 2.05) is 12.1 Å². The second-order valence-electron chi connectivity index (χ2n) is 7.27. The molecule has 0 aromatic heterocycles. The lowest BCUT2D eigenvalue weighted by Crippen LogP contribution is -2.54. The molecule has 1 aromatic carbocycles. The second kappa shape index (κ2) is 9.44. The molecule has 0 spiro atoms. The molecule has 1 aliphatic rings. The Morgan fingerprint density at radius 1 is 1.31 bits per heavy atom. The van der Waals surface area contributed by atoms with E-state index in [1.165, 1.54) is 4.90 Å². The Balaban J connectivity index is 0.00000338. The highest BCUT2D eigenvalue weighted by molar-refractivity contribution is 6.30. The van der Waals surface area contributed by atoms with E-state index in [2.05, 4.69) is 5.32 Å². The van der Waals surface area contributed by atoms with Crippen LogP contribution in [0.3, 0.4) is 0 Å². The Morgan fingerprint density at radius 3 is 2.46 bits per heavy atom. The minimum atomic E-state index is -0.915. The van der Waals surface area contributed by atoms with Crippen molar-refractivity contribution in [3.8, 4) is 0 Å². The number of likely N-dealkylation sites (tertiary alicyclic amines) is 1. The largest absolute Gasteiger partial charge is 0.481 e. The Labute approximate surface area is 165 Å². The van der Waals surface area contributed by atoms with Crippen LogP contribution in [-0.2, 0) is 16.1 Å². The van der Waals surface area contributed by atoms with Crippen molar-refractivity contribution >= 4 is 36.1 Å². The van der Waals surface area contributed by atoms with Crippen molar-refractivity contribution < 1.29 is 19.4 Å². The maximum atomic E-state index is 12.2. The first-order chi connectivity index (χ1) is 11.7. The number of carbonyl (C=O) groups is 2. The lowest BCUT2D eigenvalue weighted by Gasteiger charge is -2.37. The van der Waals surface area contributed by atoms with Crippen molar-refractivity contribution in [1.82, 2.24) is 10.2 Å². The van der Waals surface area contributed by atoms with Crippen molar-refractivity contribution in [3.63, 3.8) is 0 Å². The number of benzene rings is 1. The summed E-state index contributed by atoms with van der Waals surface area (Å²) in [4.78, 5) is 25.3. The molecule has 0 saturated carbocycles. The molecule has 2 unspecified atom stereocenters. The molecule has 1 aromatic rings. The normalized spacial score (nSPS) is 20.2. The first-order valence-electron chi connectivity index (χ1n) is 8.34. The molecule has 1 heterocycles. The van der Waals surface area contributed by atoms with Gasteiger partial charge in [0.1, 0.15) is 5.60 Å². The predicted octanol–water partition coefficient (Wildman–Crippen LogP) is 3.56. The molecule has 2 atom stereocenters. The van der Waals surface area contributed by atoms with E-state index >= 15 is 0 Å². The molecule has 146 valence electrons. The van der Waals surface area contributed by atoms with Gasteiger partial charge in [0.15, 0.2) is 0 Å². The summed E-state index contributed by atoms with van der Waals surface area (Å²) in [6.07, 6.45) is 0.0963. The number of rotatable bonds is 4. The van der Waals surface area contributed by atoms with Gasteiger partial charge in [-0.1, -0.05) is 23.7 Å². The summed E-state index contributed by atoms with van der Waals surface area (Å²) in [5.41, 5.74) is 0.433. The number of carboxylic acid groups (broad SMARTS) is 1. The van der Waals surface area contributed by atoms with Crippen LogP contribution >= 0.6 is 24.0 Å². The van der Waals surface area contributed by atoms with Gasteiger partial charge >= 0.3 is 12.1 Å². The van der Waals surface area contributed by atoms with Gasteiger partial charge < -0.3 is 20.1 Å². The summed E-state index contributed by atoms with van der Waals surface area (Å²) in [7, 11) is 0. The molecule has 8 heteroatoms. The Morgan fingerprint density at radius 2 is 1.92 bits per heavy atom. The topological polar surface area (TPSA) is 78.9 Å². The van der Waals surface area contributed by atoms with E-state index in [-0.39, 0.29) is 25.0 Å². The SMILES string of the molecule is CC(C)(C)OC(=O)N1CCC(NCc2ccc(Cl)cc2)C(C(=O)O)C1.Cl. The number of amides is 1. The molecule has 1 saturated heterocycles. The molecule has 1 fully saturated rings. The third-order valence-corrected chi connectivity index (χ3v) is 4.32. The second-order valence-corrected chi connectivity index (χ2v) is 7.71. The van der Waals surface area contributed by atoms with Gasteiger partial charge in [-0.25, -0.2) is 4.79 Å². The van der Waals surface area contributed by atoms with E-state index in [0.29, 0.717) is 24.5 Å². The van der Waals surface area contributed by atoms with E-state index in [4.69, 9.17) is 16.3 Å². The maximum Gasteiger partial charge on any atom is 0.410 e. The molecule has 2 rings (SSSR count). The summed E-state index contributed by atoms with van der Waals surface area (Å²) in [5, 5.41) is 13.5. The van der Waals surface area contributed by atoms with Gasteiger partial charge in [-0.2, -0.15) is 0 Å². The van der Waals surface area contributed by atoms with Crippen LogP contribution in [-0.4, -0.2) is 46.8 Å². The van der Waals surface area contributed by atoms with Crippen molar-refractivity contribution in [1.29, 1.82) is 0 Å². The summed E-state index contributed by atoms with van der Waals surface area (Å²) in [6.45, 7) is 6.54. The third-order valence-electron chi connectivity index (χ3n) is 4.06. The van der Waals surface area contributed by atoms with Gasteiger partial charge in [-0.3, -0.25) is 4.79 Å². The number of ether oxygens (including phenoxy) is 1. The number of hydrogen-bond donors (Lipinski definition) is 2. The fourth-order valence-electron chi connectivity index (χ4n) is 2.79. The van der Waals surface area contributed by atoms with Crippen LogP contribution in [0.15, 0.2) is 24.3 Å². The molecular formula is C18H26Cl2N2O4. The van der Waals surface area contributed by atoms with E-state index in [0.717, 1.165) is 5.56 Å². The number of aliphatic carboxylic acids is 1.